The van der Waals surface area contributed by atoms with E-state index in [1.807, 2.05) is 0 Å². The largest absolute Gasteiger partial charge is 0.479 e. The van der Waals surface area contributed by atoms with E-state index >= 15 is 0 Å². The Hall–Kier alpha value is -2.65. The van der Waals surface area contributed by atoms with Crippen LogP contribution in [-0.2, 0) is 192 Å². The molecule has 5 aliphatic rings. The van der Waals surface area contributed by atoms with Crippen LogP contribution in [0, 0.1) is 0 Å². The van der Waals surface area contributed by atoms with Gasteiger partial charge in [-0.1, -0.05) is 0 Å². The molecule has 5 rings (SSSR count). The van der Waals surface area contributed by atoms with Gasteiger partial charge >= 0.3 is 84.7 Å². The van der Waals surface area contributed by atoms with Crippen LogP contribution < -0.4 is 0 Å². The van der Waals surface area contributed by atoms with Crippen LogP contribution in [0.5, 0.6) is 0 Å². The number of carboxylic acid groups (broad SMARTS) is 2. The quantitative estimate of drug-likeness (QED) is 0.0266. The highest BCUT2D eigenvalue weighted by atomic mass is 32.3. The lowest BCUT2D eigenvalue weighted by Gasteiger charge is -2.51. The molecule has 9 N–H and O–H groups in total. The second-order valence-electron chi connectivity index (χ2n) is 19.3. The van der Waals surface area contributed by atoms with E-state index in [4.69, 9.17) is 88.9 Å². The number of aliphatic carboxylic acids is 2. The first-order valence-electron chi connectivity index (χ1n) is 25.3. The van der Waals surface area contributed by atoms with Gasteiger partial charge < -0.3 is 90.7 Å². The van der Waals surface area contributed by atoms with Crippen molar-refractivity contribution in [1.82, 2.24) is 0 Å². The molecule has 5 fully saturated rings. The summed E-state index contributed by atoms with van der Waals surface area (Å²) in [4.78, 5) is 26.6. The summed E-state index contributed by atoms with van der Waals surface area (Å²) in [6, 6.07) is 0. The minimum absolute atomic E-state index is 0.707. The van der Waals surface area contributed by atoms with Gasteiger partial charge in [-0.25, -0.2) is 38.9 Å². The molecule has 56 heteroatoms. The lowest BCUT2D eigenvalue weighted by molar-refractivity contribution is -0.388. The lowest BCUT2D eigenvalue weighted by atomic mass is 9.94. The molecule has 0 aromatic heterocycles. The molecule has 0 spiro atoms. The standard InChI is InChI=1S/C38H64O49S7/c1-64-15-12(9-72-88(43,44)45)76-35(27(68-5)18(15)65-2)80-21-19(66-3)28(69-6)37(82-25(21)32(39)40)79-17-14(11-74-90(49,50)51)77-38(31(87-94(61,62)63)24(17)85-92(55,56)57)81-22-20(67-4)29(70-7)36(83-26(22)33(41)42)78-16-13(10-73-89(46,47)48)75-34(71-8)30(86-93(58,59)60)23(16)84-91(52,53)54/h12-31,34-38H,9-11H2,1-8H3,(H,39,40)(H,41,42)(H,43,44,45)(H,46,47,48)(H,49,50,51)(H,52,53,54)(H,55,56,57)(H,58,59,60)(H,61,62,63)/t12-,13+,14+,15-,16+,17-,18-,19-,20+,21+,22+,23+,24-,25+,26?,27-,28+,29-,30-,31-,34-,35-,36-,37-,38+/m0/s1. The van der Waals surface area contributed by atoms with E-state index < -0.39 is 258 Å². The molecule has 0 aliphatic carbocycles. The van der Waals surface area contributed by atoms with Crippen LogP contribution in [0.2, 0.25) is 0 Å². The van der Waals surface area contributed by atoms with Gasteiger partial charge in [0, 0.05) is 56.9 Å². The first-order valence-corrected chi connectivity index (χ1v) is 34.9. The van der Waals surface area contributed by atoms with Crippen molar-refractivity contribution >= 4 is 84.7 Å². The highest BCUT2D eigenvalue weighted by molar-refractivity contribution is 7.82. The summed E-state index contributed by atoms with van der Waals surface area (Å²) in [5.74, 6) is -4.28. The number of ether oxygens (including phenoxy) is 17. The SMILES string of the molecule is CO[C@H]1O[C@H](COS(=O)(=O)O)[C@@H](O[C@H]2OC(C(=O)O)[C@H](O[C@H]3O[C@H](COS(=O)(=O)O)[C@H](O[C@H]4O[C@@H](C(=O)O)[C@H](O[C@@H]5O[C@@H](COS(=O)(=O)O)[C@H](OC)[C@H](OC)[C@@H]5OC)[C@H](OC)[C@H]4OC)[C@H](OS(=O)(=O)O)[C@@H]3OS(=O)(=O)O)[C@@H](OC)[C@@H]2OC)[C@@H](OS(=O)(=O)O)[C@@H]1OS(=O)(=O)O. The fourth-order valence-corrected chi connectivity index (χ4v) is 13.1. The highest BCUT2D eigenvalue weighted by Crippen LogP contribution is 2.41. The Balaban J connectivity index is 1.63. The molecule has 0 amide bonds. The van der Waals surface area contributed by atoms with Gasteiger partial charge in [0.1, 0.15) is 97.7 Å². The number of rotatable bonds is 35. The first-order chi connectivity index (χ1) is 43.2. The van der Waals surface area contributed by atoms with E-state index in [-0.39, 0.29) is 0 Å². The fraction of sp³-hybridized carbons (Fsp3) is 0.947. The summed E-state index contributed by atoms with van der Waals surface area (Å²) >= 11 is 0. The van der Waals surface area contributed by atoms with Crippen LogP contribution in [0.25, 0.3) is 0 Å². The van der Waals surface area contributed by atoms with Gasteiger partial charge in [0.05, 0.1) is 19.8 Å². The van der Waals surface area contributed by atoms with Crippen LogP contribution in [0.3, 0.4) is 0 Å². The zero-order valence-corrected chi connectivity index (χ0v) is 54.5. The Kier molecular flexibility index (Phi) is 29.0. The maximum atomic E-state index is 13.3. The van der Waals surface area contributed by atoms with Gasteiger partial charge in [-0.05, 0) is 0 Å². The Morgan fingerprint density at radius 2 is 0.511 bits per heavy atom. The monoisotopic (exact) mass is 1530 g/mol. The fourth-order valence-electron chi connectivity index (χ4n) is 10.2. The van der Waals surface area contributed by atoms with E-state index in [0.717, 1.165) is 42.7 Å². The molecular formula is C38H64O49S7. The summed E-state index contributed by atoms with van der Waals surface area (Å²) in [5.41, 5.74) is 0. The van der Waals surface area contributed by atoms with Crippen molar-refractivity contribution in [3.63, 3.8) is 0 Å². The maximum absolute atomic E-state index is 13.3. The van der Waals surface area contributed by atoms with Crippen LogP contribution in [-0.4, -0.2) is 343 Å². The average Bonchev–Trinajstić information content (AvgIpc) is 0.763. The molecule has 5 saturated heterocycles. The van der Waals surface area contributed by atoms with Crippen LogP contribution >= 0.6 is 0 Å². The molecule has 5 heterocycles. The Morgan fingerprint density at radius 3 is 0.777 bits per heavy atom. The molecule has 552 valence electrons. The highest BCUT2D eigenvalue weighted by Gasteiger charge is 2.62. The summed E-state index contributed by atoms with van der Waals surface area (Å²) in [5, 5.41) is 21.4. The van der Waals surface area contributed by atoms with Gasteiger partial charge in [0.25, 0.3) is 0 Å². The number of hydrogen-bond donors (Lipinski definition) is 9. The van der Waals surface area contributed by atoms with Crippen molar-refractivity contribution in [2.75, 3.05) is 76.7 Å². The third kappa shape index (κ3) is 22.7. The van der Waals surface area contributed by atoms with Gasteiger partial charge in [0.15, 0.2) is 55.9 Å². The topological polar surface area (TPSA) is 677 Å². The van der Waals surface area contributed by atoms with E-state index in [9.17, 15) is 111 Å². The van der Waals surface area contributed by atoms with Gasteiger partial charge in [-0.2, -0.15) is 58.9 Å². The Morgan fingerprint density at radius 1 is 0.277 bits per heavy atom. The average molecular weight is 1530 g/mol. The van der Waals surface area contributed by atoms with Crippen molar-refractivity contribution in [3.05, 3.63) is 0 Å². The molecule has 1 unspecified atom stereocenters. The minimum atomic E-state index is -6.20. The van der Waals surface area contributed by atoms with Crippen LogP contribution in [0.1, 0.15) is 0 Å². The first kappa shape index (κ1) is 82.0. The molecule has 94 heavy (non-hydrogen) atoms. The van der Waals surface area contributed by atoms with E-state index in [2.05, 4.69) is 20.9 Å². The summed E-state index contributed by atoms with van der Waals surface area (Å²) in [6.45, 7) is -4.33. The predicted octanol–water partition coefficient (Wildman–Crippen LogP) is -7.72. The molecule has 0 radical (unpaired) electrons. The van der Waals surface area contributed by atoms with Gasteiger partial charge in [-0.3, -0.25) is 31.9 Å². The number of methoxy groups -OCH3 is 8. The van der Waals surface area contributed by atoms with Crippen molar-refractivity contribution < 1.29 is 220 Å². The molecule has 5 aliphatic heterocycles. The minimum Gasteiger partial charge on any atom is -0.479 e. The maximum Gasteiger partial charge on any atom is 0.397 e. The van der Waals surface area contributed by atoms with Crippen molar-refractivity contribution in [1.29, 1.82) is 0 Å². The zero-order chi connectivity index (χ0) is 71.2. The second kappa shape index (κ2) is 33.2. The van der Waals surface area contributed by atoms with Crippen molar-refractivity contribution in [2.24, 2.45) is 0 Å². The number of carboxylic acids is 2. The molecular weight excluding hydrogens is 1460 g/mol. The molecule has 0 aromatic rings. The Bertz CT molecular complexity index is 3340. The number of hydrogen-bond acceptors (Lipinski definition) is 40. The van der Waals surface area contributed by atoms with Crippen LogP contribution in [0.15, 0.2) is 0 Å². The zero-order valence-electron chi connectivity index (χ0n) is 48.8. The van der Waals surface area contributed by atoms with Crippen molar-refractivity contribution in [2.45, 2.75) is 154 Å². The van der Waals surface area contributed by atoms with E-state index in [0.29, 0.717) is 14.2 Å². The molecule has 49 nitrogen and oxygen atoms in total. The Labute approximate surface area is 533 Å². The third-order valence-electron chi connectivity index (χ3n) is 13.6. The summed E-state index contributed by atoms with van der Waals surface area (Å²) in [7, 11) is -33.4. The molecule has 0 saturated carbocycles. The second-order valence-corrected chi connectivity index (χ2v) is 26.8. The smallest absolute Gasteiger partial charge is 0.397 e. The summed E-state index contributed by atoms with van der Waals surface area (Å²) < 4.78 is 366. The number of carbonyl (C=O) groups is 2. The molecule has 25 atom stereocenters. The predicted molar refractivity (Wildman–Crippen MR) is 279 cm³/mol. The van der Waals surface area contributed by atoms with Crippen molar-refractivity contribution in [3.8, 4) is 0 Å². The third-order valence-corrected chi connectivity index (χ3v) is 16.8. The molecule has 0 aromatic carbocycles. The lowest BCUT2D eigenvalue weighted by Crippen LogP contribution is -2.70. The van der Waals surface area contributed by atoms with E-state index in [1.54, 1.807) is 0 Å². The van der Waals surface area contributed by atoms with Gasteiger partial charge in [0.2, 0.25) is 0 Å². The van der Waals surface area contributed by atoms with E-state index in [1.165, 1.54) is 0 Å². The summed E-state index contributed by atoms with van der Waals surface area (Å²) in [6.07, 6.45) is -58.8. The van der Waals surface area contributed by atoms with Crippen LogP contribution in [0.4, 0.5) is 0 Å². The normalized spacial score (nSPS) is 37.6. The molecule has 0 bridgehead atoms. The van der Waals surface area contributed by atoms with Gasteiger partial charge in [-0.15, -0.1) is 0 Å².